The van der Waals surface area contributed by atoms with Gasteiger partial charge in [0.1, 0.15) is 8.25 Å². The summed E-state index contributed by atoms with van der Waals surface area (Å²) in [5, 5.41) is 0. The summed E-state index contributed by atoms with van der Waals surface area (Å²) < 4.78 is 8.63. The average molecular weight is 138 g/mol. The van der Waals surface area contributed by atoms with Gasteiger partial charge in [0, 0.05) is 0 Å². The van der Waals surface area contributed by atoms with Gasteiger partial charge in [-0.25, -0.2) is 0 Å². The monoisotopic (exact) mass is 138 g/mol. The normalized spacial score (nSPS) is 10.3. The van der Waals surface area contributed by atoms with Gasteiger partial charge in [0.15, 0.2) is 0 Å². The minimum atomic E-state index is -3.38. The fourth-order valence-electron chi connectivity index (χ4n) is 0. The summed E-state index contributed by atoms with van der Waals surface area (Å²) in [5.41, 5.74) is 0. The van der Waals surface area contributed by atoms with Crippen molar-refractivity contribution in [2.45, 2.75) is 0 Å². The summed E-state index contributed by atoms with van der Waals surface area (Å²) in [4.78, 5) is 15.7. The van der Waals surface area contributed by atoms with Gasteiger partial charge >= 0.3 is 37.7 Å². The first-order chi connectivity index (χ1) is 1.73. The van der Waals surface area contributed by atoms with Gasteiger partial charge in [0.2, 0.25) is 0 Å². The first kappa shape index (κ1) is 15.7. The van der Waals surface area contributed by atoms with Crippen molar-refractivity contribution in [2.75, 3.05) is 0 Å². The van der Waals surface area contributed by atoms with Gasteiger partial charge in [-0.2, -0.15) is 0 Å². The van der Waals surface area contributed by atoms with Gasteiger partial charge in [0.05, 0.1) is 0 Å². The smallest absolute Gasteiger partial charge is 0.870 e. The first-order valence-electron chi connectivity index (χ1n) is 0.632. The van der Waals surface area contributed by atoms with E-state index in [1.54, 1.807) is 0 Å². The number of rotatable bonds is 0. The molecule has 1 atom stereocenters. The van der Waals surface area contributed by atoms with Crippen molar-refractivity contribution in [3.05, 3.63) is 0 Å². The Labute approximate surface area is 65.4 Å². The maximum Gasteiger partial charge on any atom is 2.00 e. The molecule has 4 nitrogen and oxygen atoms in total. The SMILES string of the molecule is O=[PH]([O-])O.[Ca+2].[OH-]. The largest absolute Gasteiger partial charge is 2.00 e. The zero-order valence-corrected chi connectivity index (χ0v) is 6.13. The van der Waals surface area contributed by atoms with Gasteiger partial charge in [-0.1, -0.05) is 0 Å². The molecule has 0 saturated carbocycles. The zero-order valence-electron chi connectivity index (χ0n) is 2.92. The maximum atomic E-state index is 8.63. The van der Waals surface area contributed by atoms with E-state index in [0.29, 0.717) is 0 Å². The minimum absolute atomic E-state index is 0. The summed E-state index contributed by atoms with van der Waals surface area (Å²) in [6.07, 6.45) is 0. The van der Waals surface area contributed by atoms with E-state index >= 15 is 0 Å². The molecule has 0 spiro atoms. The van der Waals surface area contributed by atoms with Gasteiger partial charge < -0.3 is 19.8 Å². The van der Waals surface area contributed by atoms with E-state index < -0.39 is 8.25 Å². The van der Waals surface area contributed by atoms with Gasteiger partial charge in [-0.15, -0.1) is 0 Å². The van der Waals surface area contributed by atoms with Gasteiger partial charge in [-0.05, 0) is 0 Å². The molecule has 34 valence electrons. The van der Waals surface area contributed by atoms with E-state index in [4.69, 9.17) is 14.4 Å². The molecule has 6 heavy (non-hydrogen) atoms. The first-order valence-corrected chi connectivity index (χ1v) is 1.90. The van der Waals surface area contributed by atoms with Crippen molar-refractivity contribution in [1.82, 2.24) is 0 Å². The second kappa shape index (κ2) is 9.62. The second-order valence-corrected chi connectivity index (χ2v) is 0.798. The summed E-state index contributed by atoms with van der Waals surface area (Å²) in [6.45, 7) is 0. The van der Waals surface area contributed by atoms with Crippen molar-refractivity contribution in [3.63, 3.8) is 0 Å². The summed E-state index contributed by atoms with van der Waals surface area (Å²) in [6, 6.07) is 0. The fourth-order valence-corrected chi connectivity index (χ4v) is 0. The summed E-state index contributed by atoms with van der Waals surface area (Å²) in [5.74, 6) is 0. The molecule has 0 aromatic rings. The Kier molecular flexibility index (Phi) is 25.1. The topological polar surface area (TPSA) is 90.4 Å². The van der Waals surface area contributed by atoms with Crippen LogP contribution in [0.3, 0.4) is 0 Å². The number of hydrogen-bond acceptors (Lipinski definition) is 3. The molecular weight excluding hydrogens is 135 g/mol. The molecule has 0 saturated heterocycles. The van der Waals surface area contributed by atoms with Crippen LogP contribution in [0.1, 0.15) is 0 Å². The third-order valence-corrected chi connectivity index (χ3v) is 0. The van der Waals surface area contributed by atoms with Crippen LogP contribution in [-0.4, -0.2) is 48.1 Å². The fraction of sp³-hybridized carbons (Fsp3) is 0. The quantitative estimate of drug-likeness (QED) is 0.315. The molecule has 0 bridgehead atoms. The van der Waals surface area contributed by atoms with Crippen molar-refractivity contribution < 1.29 is 19.8 Å². The van der Waals surface area contributed by atoms with E-state index in [1.807, 2.05) is 0 Å². The Morgan fingerprint density at radius 1 is 1.67 bits per heavy atom. The molecule has 0 aromatic heterocycles. The van der Waals surface area contributed by atoms with Gasteiger partial charge in [-0.3, -0.25) is 0 Å². The van der Waals surface area contributed by atoms with Crippen LogP contribution in [0.15, 0.2) is 0 Å². The molecule has 0 amide bonds. The summed E-state index contributed by atoms with van der Waals surface area (Å²) in [7, 11) is -3.38. The van der Waals surface area contributed by atoms with Crippen LogP contribution in [-0.2, 0) is 4.57 Å². The molecule has 0 aliphatic heterocycles. The van der Waals surface area contributed by atoms with E-state index in [9.17, 15) is 0 Å². The molecule has 0 aliphatic rings. The average Bonchev–Trinajstić information content (AvgIpc) is 0.811. The van der Waals surface area contributed by atoms with E-state index in [2.05, 4.69) is 0 Å². The van der Waals surface area contributed by atoms with Crippen LogP contribution in [0.4, 0.5) is 0 Å². The van der Waals surface area contributed by atoms with Crippen molar-refractivity contribution in [2.24, 2.45) is 0 Å². The van der Waals surface area contributed by atoms with Gasteiger partial charge in [0.25, 0.3) is 0 Å². The Morgan fingerprint density at radius 3 is 1.67 bits per heavy atom. The van der Waals surface area contributed by atoms with Crippen LogP contribution in [0.2, 0.25) is 0 Å². The Hall–Kier alpha value is 1.37. The van der Waals surface area contributed by atoms with Crippen LogP contribution in [0, 0.1) is 0 Å². The molecule has 0 fully saturated rings. The van der Waals surface area contributed by atoms with Crippen LogP contribution in [0.5, 0.6) is 0 Å². The molecule has 2 N–H and O–H groups in total. The van der Waals surface area contributed by atoms with Crippen LogP contribution in [0.25, 0.3) is 0 Å². The predicted molar refractivity (Wildman–Crippen MR) is 18.9 cm³/mol. The predicted octanol–water partition coefficient (Wildman–Crippen LogP) is -1.83. The molecule has 0 aliphatic carbocycles. The molecule has 0 radical (unpaired) electrons. The van der Waals surface area contributed by atoms with E-state index in [1.165, 1.54) is 0 Å². The molecular formula is H3CaO4P. The van der Waals surface area contributed by atoms with E-state index in [0.717, 1.165) is 0 Å². The third kappa shape index (κ3) is 54.6. The molecule has 6 heteroatoms. The molecule has 0 aromatic carbocycles. The standard InChI is InChI=1S/Ca.H3O3P.H2O/c;1-4(2)3;/h;4H,(H2,1,2,3);1H2/q+2;;/p-2. The maximum absolute atomic E-state index is 8.63. The molecule has 0 heterocycles. The third-order valence-electron chi connectivity index (χ3n) is 0. The Balaban J connectivity index is -0.0000000450. The molecule has 0 rings (SSSR count). The Morgan fingerprint density at radius 2 is 1.67 bits per heavy atom. The summed E-state index contributed by atoms with van der Waals surface area (Å²) >= 11 is 0. The zero-order chi connectivity index (χ0) is 3.58. The van der Waals surface area contributed by atoms with Crippen LogP contribution < -0.4 is 4.89 Å². The van der Waals surface area contributed by atoms with Crippen molar-refractivity contribution in [1.29, 1.82) is 0 Å². The second-order valence-electron chi connectivity index (χ2n) is 0.266. The van der Waals surface area contributed by atoms with Crippen LogP contribution >= 0.6 is 8.25 Å². The Bertz CT molecular complexity index is 30.5. The van der Waals surface area contributed by atoms with Crippen molar-refractivity contribution in [3.8, 4) is 0 Å². The van der Waals surface area contributed by atoms with Crippen molar-refractivity contribution >= 4 is 46.0 Å². The molecule has 1 unspecified atom stereocenters. The number of hydrogen-bond donors (Lipinski definition) is 1. The minimum Gasteiger partial charge on any atom is -0.870 e. The van der Waals surface area contributed by atoms with E-state index in [-0.39, 0.29) is 43.2 Å².